The first-order chi connectivity index (χ1) is 14.8. The molecule has 3 nitrogen and oxygen atoms in total. The molecule has 0 N–H and O–H groups in total. The molecule has 0 radical (unpaired) electrons. The molecule has 0 heterocycles. The van der Waals surface area contributed by atoms with Crippen molar-refractivity contribution in [1.29, 1.82) is 0 Å². The highest BCUT2D eigenvalue weighted by atomic mass is 16.5. The number of carbonyl (C=O) groups excluding carboxylic acids is 1. The maximum Gasteiger partial charge on any atom is 0.343 e. The second kappa shape index (κ2) is 12.0. The van der Waals surface area contributed by atoms with Gasteiger partial charge >= 0.3 is 5.97 Å². The lowest BCUT2D eigenvalue weighted by atomic mass is 10.1. The molecule has 0 aliphatic carbocycles. The van der Waals surface area contributed by atoms with Gasteiger partial charge in [-0.15, -0.1) is 0 Å². The number of esters is 1. The third kappa shape index (κ3) is 6.91. The molecular weight excluding hydrogens is 372 g/mol. The predicted molar refractivity (Wildman–Crippen MR) is 123 cm³/mol. The molecule has 0 spiro atoms. The molecule has 0 bridgehead atoms. The lowest BCUT2D eigenvalue weighted by Crippen LogP contribution is -2.08. The van der Waals surface area contributed by atoms with Crippen LogP contribution in [-0.2, 0) is 0 Å². The van der Waals surface area contributed by atoms with Gasteiger partial charge < -0.3 is 9.47 Å². The van der Waals surface area contributed by atoms with Crippen molar-refractivity contribution in [2.45, 2.75) is 58.3 Å². The molecule has 0 fully saturated rings. The van der Waals surface area contributed by atoms with Gasteiger partial charge in [0.2, 0.25) is 0 Å². The number of fused-ring (bicyclic) bond motifs is 1. The SMILES string of the molecule is CCCCCCCCCCOc1ccc(C(=O)Oc2ccc3ccccc3c2)cc1. The van der Waals surface area contributed by atoms with Gasteiger partial charge in [0.1, 0.15) is 11.5 Å². The van der Waals surface area contributed by atoms with Crippen molar-refractivity contribution in [2.24, 2.45) is 0 Å². The van der Waals surface area contributed by atoms with E-state index in [9.17, 15) is 4.79 Å². The summed E-state index contributed by atoms with van der Waals surface area (Å²) in [6, 6.07) is 20.9. The van der Waals surface area contributed by atoms with E-state index in [2.05, 4.69) is 6.92 Å². The number of rotatable bonds is 12. The highest BCUT2D eigenvalue weighted by Gasteiger charge is 2.09. The van der Waals surface area contributed by atoms with Crippen LogP contribution in [0.25, 0.3) is 10.8 Å². The average molecular weight is 405 g/mol. The van der Waals surface area contributed by atoms with Crippen molar-refractivity contribution < 1.29 is 14.3 Å². The van der Waals surface area contributed by atoms with E-state index >= 15 is 0 Å². The fourth-order valence-corrected chi connectivity index (χ4v) is 3.51. The van der Waals surface area contributed by atoms with Crippen LogP contribution in [0.5, 0.6) is 11.5 Å². The van der Waals surface area contributed by atoms with Crippen molar-refractivity contribution in [2.75, 3.05) is 6.61 Å². The maximum absolute atomic E-state index is 12.4. The standard InChI is InChI=1S/C27H32O3/c1-2-3-4-5-6-7-8-11-20-29-25-17-15-23(16-18-25)27(28)30-26-19-14-22-12-9-10-13-24(22)21-26/h9-10,12-19,21H,2-8,11,20H2,1H3. The van der Waals surface area contributed by atoms with Crippen molar-refractivity contribution in [1.82, 2.24) is 0 Å². The van der Waals surface area contributed by atoms with Crippen LogP contribution in [0.4, 0.5) is 0 Å². The Balaban J connectivity index is 1.39. The highest BCUT2D eigenvalue weighted by Crippen LogP contribution is 2.22. The molecule has 3 heteroatoms. The second-order valence-corrected chi connectivity index (χ2v) is 7.75. The monoisotopic (exact) mass is 404 g/mol. The van der Waals surface area contributed by atoms with E-state index < -0.39 is 0 Å². The van der Waals surface area contributed by atoms with Gasteiger partial charge in [0.15, 0.2) is 0 Å². The van der Waals surface area contributed by atoms with Gasteiger partial charge in [0.05, 0.1) is 12.2 Å². The Labute approximate surface area is 180 Å². The zero-order chi connectivity index (χ0) is 21.0. The van der Waals surface area contributed by atoms with E-state index in [1.807, 2.05) is 54.6 Å². The van der Waals surface area contributed by atoms with Crippen LogP contribution >= 0.6 is 0 Å². The molecule has 0 saturated carbocycles. The number of hydrogen-bond donors (Lipinski definition) is 0. The summed E-state index contributed by atoms with van der Waals surface area (Å²) >= 11 is 0. The zero-order valence-electron chi connectivity index (χ0n) is 17.9. The molecule has 0 saturated heterocycles. The third-order valence-corrected chi connectivity index (χ3v) is 5.29. The summed E-state index contributed by atoms with van der Waals surface area (Å²) < 4.78 is 11.3. The highest BCUT2D eigenvalue weighted by molar-refractivity contribution is 5.92. The zero-order valence-corrected chi connectivity index (χ0v) is 17.9. The molecule has 0 unspecified atom stereocenters. The van der Waals surface area contributed by atoms with Gasteiger partial charge in [0, 0.05) is 0 Å². The molecule has 0 aliphatic rings. The molecule has 0 aromatic heterocycles. The Bertz CT molecular complexity index is 915. The normalized spacial score (nSPS) is 10.8. The Morgan fingerprint density at radius 3 is 2.07 bits per heavy atom. The van der Waals surface area contributed by atoms with E-state index in [1.165, 1.54) is 44.9 Å². The van der Waals surface area contributed by atoms with Crippen LogP contribution in [0.2, 0.25) is 0 Å². The maximum atomic E-state index is 12.4. The van der Waals surface area contributed by atoms with Crippen LogP contribution < -0.4 is 9.47 Å². The number of ether oxygens (including phenoxy) is 2. The molecule has 0 atom stereocenters. The minimum Gasteiger partial charge on any atom is -0.494 e. The van der Waals surface area contributed by atoms with E-state index in [1.54, 1.807) is 12.1 Å². The van der Waals surface area contributed by atoms with Crippen molar-refractivity contribution in [3.05, 3.63) is 72.3 Å². The quantitative estimate of drug-likeness (QED) is 0.177. The van der Waals surface area contributed by atoms with Crippen LogP contribution in [0.15, 0.2) is 66.7 Å². The molecule has 30 heavy (non-hydrogen) atoms. The summed E-state index contributed by atoms with van der Waals surface area (Å²) in [5.74, 6) is 0.980. The molecule has 3 aromatic rings. The van der Waals surface area contributed by atoms with Gasteiger partial charge in [-0.1, -0.05) is 82.2 Å². The van der Waals surface area contributed by atoms with Crippen LogP contribution in [-0.4, -0.2) is 12.6 Å². The Hall–Kier alpha value is -2.81. The van der Waals surface area contributed by atoms with Gasteiger partial charge in [-0.25, -0.2) is 4.79 Å². The minimum absolute atomic E-state index is 0.361. The largest absolute Gasteiger partial charge is 0.494 e. The number of benzene rings is 3. The van der Waals surface area contributed by atoms with E-state index in [0.717, 1.165) is 29.5 Å². The summed E-state index contributed by atoms with van der Waals surface area (Å²) in [7, 11) is 0. The van der Waals surface area contributed by atoms with Crippen LogP contribution in [0, 0.1) is 0 Å². The second-order valence-electron chi connectivity index (χ2n) is 7.75. The summed E-state index contributed by atoms with van der Waals surface area (Å²) in [6.07, 6.45) is 10.3. The predicted octanol–water partition coefficient (Wildman–Crippen LogP) is 7.58. The number of hydrogen-bond acceptors (Lipinski definition) is 3. The van der Waals surface area contributed by atoms with E-state index in [4.69, 9.17) is 9.47 Å². The Kier molecular flexibility index (Phi) is 8.77. The Morgan fingerprint density at radius 2 is 1.33 bits per heavy atom. The van der Waals surface area contributed by atoms with Gasteiger partial charge in [-0.3, -0.25) is 0 Å². The molecular formula is C27H32O3. The van der Waals surface area contributed by atoms with E-state index in [-0.39, 0.29) is 5.97 Å². The smallest absolute Gasteiger partial charge is 0.343 e. The fourth-order valence-electron chi connectivity index (χ4n) is 3.51. The molecule has 0 amide bonds. The van der Waals surface area contributed by atoms with Crippen molar-refractivity contribution in [3.63, 3.8) is 0 Å². The lowest BCUT2D eigenvalue weighted by Gasteiger charge is -2.08. The molecule has 158 valence electrons. The van der Waals surface area contributed by atoms with Crippen LogP contribution in [0.1, 0.15) is 68.6 Å². The molecule has 3 aromatic carbocycles. The van der Waals surface area contributed by atoms with Gasteiger partial charge in [-0.05, 0) is 53.6 Å². The summed E-state index contributed by atoms with van der Waals surface area (Å²) in [6.45, 7) is 2.97. The summed E-state index contributed by atoms with van der Waals surface area (Å²) in [5, 5.41) is 2.17. The topological polar surface area (TPSA) is 35.5 Å². The first kappa shape index (κ1) is 21.9. The molecule has 0 aliphatic heterocycles. The third-order valence-electron chi connectivity index (χ3n) is 5.29. The Morgan fingerprint density at radius 1 is 0.700 bits per heavy atom. The summed E-state index contributed by atoms with van der Waals surface area (Å²) in [5.41, 5.74) is 0.516. The summed E-state index contributed by atoms with van der Waals surface area (Å²) in [4.78, 5) is 12.4. The molecule has 3 rings (SSSR count). The minimum atomic E-state index is -0.361. The van der Waals surface area contributed by atoms with Crippen LogP contribution in [0.3, 0.4) is 0 Å². The van der Waals surface area contributed by atoms with Crippen molar-refractivity contribution >= 4 is 16.7 Å². The number of unbranched alkanes of at least 4 members (excludes halogenated alkanes) is 7. The first-order valence-corrected chi connectivity index (χ1v) is 11.2. The first-order valence-electron chi connectivity index (χ1n) is 11.2. The average Bonchev–Trinajstić information content (AvgIpc) is 2.78. The number of carbonyl (C=O) groups is 1. The van der Waals surface area contributed by atoms with Gasteiger partial charge in [-0.2, -0.15) is 0 Å². The fraction of sp³-hybridized carbons (Fsp3) is 0.370. The van der Waals surface area contributed by atoms with Gasteiger partial charge in [0.25, 0.3) is 0 Å². The van der Waals surface area contributed by atoms with E-state index in [0.29, 0.717) is 11.3 Å². The lowest BCUT2D eigenvalue weighted by molar-refractivity contribution is 0.0735. The van der Waals surface area contributed by atoms with Crippen molar-refractivity contribution in [3.8, 4) is 11.5 Å².